The average Bonchev–Trinajstić information content (AvgIpc) is 3.42. The minimum absolute atomic E-state index is 0.0227. The van der Waals surface area contributed by atoms with Crippen molar-refractivity contribution in [1.82, 2.24) is 23.7 Å². The number of rotatable bonds is 7. The minimum Gasteiger partial charge on any atom is -0.465 e. The number of amides is 2. The summed E-state index contributed by atoms with van der Waals surface area (Å²) >= 11 is 0. The Hall–Kier alpha value is -3.91. The zero-order chi connectivity index (χ0) is 30.8. The summed E-state index contributed by atoms with van der Waals surface area (Å²) in [5.41, 5.74) is 2.13. The van der Waals surface area contributed by atoms with E-state index in [0.29, 0.717) is 30.5 Å². The minimum atomic E-state index is -4.86. The van der Waals surface area contributed by atoms with Crippen molar-refractivity contribution in [2.75, 3.05) is 38.5 Å². The lowest BCUT2D eigenvalue weighted by molar-refractivity contribution is -0.107. The van der Waals surface area contributed by atoms with Gasteiger partial charge in [-0.15, -0.1) is 0 Å². The Morgan fingerprint density at radius 3 is 2.28 bits per heavy atom. The standard InChI is InChI=1S/C29H32F3N5O5S/c30-29(31,32)19-43(41,42)35-13-7-12-23(18-35)37-20-33-25(26(37)22-10-5-2-6-11-22)27(38)36-15-14-34(28(39)40)17-24(36)16-21-8-3-1-4-9-21/h1-6,8-11,20,23-24H,7,12-19H2,(H,39,40)/t23?,24-/m1/s1. The van der Waals surface area contributed by atoms with Crippen molar-refractivity contribution < 1.29 is 36.3 Å². The number of imidazole rings is 1. The topological polar surface area (TPSA) is 116 Å². The summed E-state index contributed by atoms with van der Waals surface area (Å²) in [6.07, 6.45) is -3.24. The zero-order valence-electron chi connectivity index (χ0n) is 23.2. The Morgan fingerprint density at radius 1 is 0.953 bits per heavy atom. The van der Waals surface area contributed by atoms with Crippen LogP contribution in [-0.4, -0.2) is 99.9 Å². The molecule has 2 aromatic carbocycles. The normalized spacial score (nSPS) is 20.3. The summed E-state index contributed by atoms with van der Waals surface area (Å²) in [5, 5.41) is 9.64. The van der Waals surface area contributed by atoms with E-state index < -0.39 is 46.0 Å². The monoisotopic (exact) mass is 619 g/mol. The molecule has 1 unspecified atom stereocenters. The van der Waals surface area contributed by atoms with Crippen molar-refractivity contribution in [2.24, 2.45) is 0 Å². The van der Waals surface area contributed by atoms with Gasteiger partial charge in [0.05, 0.1) is 18.1 Å². The van der Waals surface area contributed by atoms with E-state index in [2.05, 4.69) is 4.98 Å². The lowest BCUT2D eigenvalue weighted by Crippen LogP contribution is -2.57. The average molecular weight is 620 g/mol. The lowest BCUT2D eigenvalue weighted by Gasteiger charge is -2.40. The molecule has 0 aliphatic carbocycles. The second-order valence-corrected chi connectivity index (χ2v) is 12.8. The van der Waals surface area contributed by atoms with Gasteiger partial charge in [-0.2, -0.15) is 17.5 Å². The van der Waals surface area contributed by atoms with Crippen LogP contribution in [0, 0.1) is 0 Å². The van der Waals surface area contributed by atoms with Crippen LogP contribution in [0.15, 0.2) is 67.0 Å². The fraction of sp³-hybridized carbons (Fsp3) is 0.414. The maximum absolute atomic E-state index is 14.2. The first kappa shape index (κ1) is 30.5. The van der Waals surface area contributed by atoms with E-state index in [4.69, 9.17) is 0 Å². The quantitative estimate of drug-likeness (QED) is 0.426. The molecule has 0 bridgehead atoms. The number of carboxylic acid groups (broad SMARTS) is 1. The van der Waals surface area contributed by atoms with E-state index in [1.54, 1.807) is 39.8 Å². The Bertz CT molecular complexity index is 1550. The molecule has 1 aromatic heterocycles. The van der Waals surface area contributed by atoms with Crippen molar-refractivity contribution >= 4 is 22.0 Å². The predicted molar refractivity (Wildman–Crippen MR) is 152 cm³/mol. The van der Waals surface area contributed by atoms with Crippen LogP contribution in [0.1, 0.15) is 34.9 Å². The molecule has 2 amide bonds. The molecule has 43 heavy (non-hydrogen) atoms. The third kappa shape index (κ3) is 7.02. The SMILES string of the molecule is O=C(O)N1CCN(C(=O)c2ncn(C3CCCN(S(=O)(=O)CC(F)(F)F)C3)c2-c2ccccc2)[C@H](Cc2ccccc2)C1. The third-order valence-corrected chi connectivity index (χ3v) is 9.67. The van der Waals surface area contributed by atoms with E-state index in [-0.39, 0.29) is 38.4 Å². The first-order valence-electron chi connectivity index (χ1n) is 13.9. The van der Waals surface area contributed by atoms with Crippen molar-refractivity contribution in [2.45, 2.75) is 37.5 Å². The maximum Gasteiger partial charge on any atom is 0.407 e. The van der Waals surface area contributed by atoms with Crippen LogP contribution < -0.4 is 0 Å². The summed E-state index contributed by atoms with van der Waals surface area (Å²) in [4.78, 5) is 33.4. The Balaban J connectivity index is 1.49. The van der Waals surface area contributed by atoms with Crippen LogP contribution in [0.3, 0.4) is 0 Å². The molecule has 2 atom stereocenters. The van der Waals surface area contributed by atoms with Gasteiger partial charge in [-0.3, -0.25) is 4.79 Å². The van der Waals surface area contributed by atoms with Crippen LogP contribution in [0.5, 0.6) is 0 Å². The molecular formula is C29H32F3N5O5S. The van der Waals surface area contributed by atoms with Crippen LogP contribution >= 0.6 is 0 Å². The number of halogens is 3. The van der Waals surface area contributed by atoms with Gasteiger partial charge in [-0.25, -0.2) is 18.2 Å². The number of piperidine rings is 1. The molecule has 1 N–H and O–H groups in total. The highest BCUT2D eigenvalue weighted by atomic mass is 32.2. The molecule has 3 heterocycles. The second kappa shape index (κ2) is 12.4. The van der Waals surface area contributed by atoms with Gasteiger partial charge in [-0.1, -0.05) is 60.7 Å². The van der Waals surface area contributed by atoms with Gasteiger partial charge in [0.25, 0.3) is 5.91 Å². The third-order valence-electron chi connectivity index (χ3n) is 7.86. The fourth-order valence-electron chi connectivity index (χ4n) is 5.87. The molecule has 230 valence electrons. The highest BCUT2D eigenvalue weighted by Gasteiger charge is 2.41. The van der Waals surface area contributed by atoms with E-state index in [1.807, 2.05) is 30.3 Å². The molecular weight excluding hydrogens is 587 g/mol. The molecule has 14 heteroatoms. The number of carbonyl (C=O) groups is 2. The van der Waals surface area contributed by atoms with E-state index in [1.165, 1.54) is 11.2 Å². The number of sulfonamides is 1. The molecule has 0 radical (unpaired) electrons. The number of alkyl halides is 3. The van der Waals surface area contributed by atoms with Crippen molar-refractivity contribution in [3.05, 3.63) is 78.2 Å². The summed E-state index contributed by atoms with van der Waals surface area (Å²) in [7, 11) is -4.59. The molecule has 2 aliphatic heterocycles. The lowest BCUT2D eigenvalue weighted by atomic mass is 10.0. The number of nitrogens with zero attached hydrogens (tertiary/aromatic N) is 5. The van der Waals surface area contributed by atoms with Gasteiger partial charge < -0.3 is 19.5 Å². The zero-order valence-corrected chi connectivity index (χ0v) is 24.0. The molecule has 0 saturated carbocycles. The Labute approximate surface area is 247 Å². The van der Waals surface area contributed by atoms with Gasteiger partial charge >= 0.3 is 12.3 Å². The maximum atomic E-state index is 14.2. The molecule has 2 fully saturated rings. The first-order valence-corrected chi connectivity index (χ1v) is 15.5. The van der Waals surface area contributed by atoms with E-state index in [0.717, 1.165) is 9.87 Å². The van der Waals surface area contributed by atoms with Crippen LogP contribution in [0.4, 0.5) is 18.0 Å². The summed E-state index contributed by atoms with van der Waals surface area (Å²) in [6, 6.07) is 17.4. The van der Waals surface area contributed by atoms with Crippen LogP contribution in [0.25, 0.3) is 11.3 Å². The summed E-state index contributed by atoms with van der Waals surface area (Å²) in [5.74, 6) is -2.34. The van der Waals surface area contributed by atoms with E-state index >= 15 is 0 Å². The Kier molecular flexibility index (Phi) is 8.79. The number of benzene rings is 2. The molecule has 0 spiro atoms. The van der Waals surface area contributed by atoms with Crippen LogP contribution in [-0.2, 0) is 16.4 Å². The number of piperazine rings is 1. The summed E-state index contributed by atoms with van der Waals surface area (Å²) in [6.45, 7) is 0.187. The van der Waals surface area contributed by atoms with Gasteiger partial charge in [0.15, 0.2) is 11.4 Å². The number of hydrogen-bond acceptors (Lipinski definition) is 5. The van der Waals surface area contributed by atoms with Crippen molar-refractivity contribution in [3.63, 3.8) is 0 Å². The predicted octanol–water partition coefficient (Wildman–Crippen LogP) is 4.13. The van der Waals surface area contributed by atoms with Gasteiger partial charge in [-0.05, 0) is 24.8 Å². The highest BCUT2D eigenvalue weighted by Crippen LogP contribution is 2.33. The molecule has 2 aliphatic rings. The number of aromatic nitrogens is 2. The van der Waals surface area contributed by atoms with Gasteiger partial charge in [0.1, 0.15) is 0 Å². The molecule has 5 rings (SSSR count). The van der Waals surface area contributed by atoms with Crippen LogP contribution in [0.2, 0.25) is 0 Å². The number of hydrogen-bond donors (Lipinski definition) is 1. The smallest absolute Gasteiger partial charge is 0.407 e. The molecule has 3 aromatic rings. The van der Waals surface area contributed by atoms with E-state index in [9.17, 15) is 36.3 Å². The highest BCUT2D eigenvalue weighted by molar-refractivity contribution is 7.89. The number of carbonyl (C=O) groups excluding carboxylic acids is 1. The summed E-state index contributed by atoms with van der Waals surface area (Å²) < 4.78 is 66.8. The van der Waals surface area contributed by atoms with Gasteiger partial charge in [0.2, 0.25) is 10.0 Å². The second-order valence-electron chi connectivity index (χ2n) is 10.8. The fourth-order valence-corrected chi connectivity index (χ4v) is 7.27. The van der Waals surface area contributed by atoms with Crippen molar-refractivity contribution in [1.29, 1.82) is 0 Å². The molecule has 10 nitrogen and oxygen atoms in total. The largest absolute Gasteiger partial charge is 0.465 e. The Morgan fingerprint density at radius 2 is 1.63 bits per heavy atom. The van der Waals surface area contributed by atoms with Gasteiger partial charge in [0, 0.05) is 44.3 Å². The first-order chi connectivity index (χ1) is 20.4. The van der Waals surface area contributed by atoms with Crippen molar-refractivity contribution in [3.8, 4) is 11.3 Å². The molecule has 2 saturated heterocycles.